The van der Waals surface area contributed by atoms with Crippen LogP contribution in [0, 0.1) is 5.82 Å². The van der Waals surface area contributed by atoms with E-state index in [0.717, 1.165) is 10.0 Å². The summed E-state index contributed by atoms with van der Waals surface area (Å²) in [6.07, 6.45) is 7.94. The summed E-state index contributed by atoms with van der Waals surface area (Å²) in [5.74, 6) is -0.210. The van der Waals surface area contributed by atoms with Crippen LogP contribution in [-0.2, 0) is 0 Å². The van der Waals surface area contributed by atoms with E-state index in [2.05, 4.69) is 40.3 Å². The molecule has 0 aliphatic carbocycles. The van der Waals surface area contributed by atoms with Crippen molar-refractivity contribution in [2.75, 3.05) is 0 Å². The molecular weight excluding hydrogens is 281 g/mol. The molecule has 0 radical (unpaired) electrons. The maximum atomic E-state index is 12.9. The maximum Gasteiger partial charge on any atom is 0.124 e. The number of rotatable bonds is 2. The lowest BCUT2D eigenvalue weighted by Crippen LogP contribution is -2.39. The first-order valence-corrected chi connectivity index (χ1v) is 6.84. The number of halogens is 2. The quantitative estimate of drug-likeness (QED) is 0.865. The summed E-state index contributed by atoms with van der Waals surface area (Å²) < 4.78 is 13.7. The minimum atomic E-state index is -0.210. The molecule has 92 valence electrons. The van der Waals surface area contributed by atoms with Crippen molar-refractivity contribution < 1.29 is 4.39 Å². The third-order valence-corrected chi connectivity index (χ3v) is 3.81. The third-order valence-electron chi connectivity index (χ3n) is 3.12. The average Bonchev–Trinajstić information content (AvgIpc) is 2.28. The number of benzene rings is 1. The Bertz CT molecular complexity index is 417. The van der Waals surface area contributed by atoms with E-state index in [1.807, 2.05) is 0 Å². The smallest absolute Gasteiger partial charge is 0.124 e. The second-order valence-corrected chi connectivity index (χ2v) is 5.48. The highest BCUT2D eigenvalue weighted by Crippen LogP contribution is 2.20. The van der Waals surface area contributed by atoms with E-state index < -0.39 is 0 Å². The Hall–Kier alpha value is -0.670. The molecule has 2 rings (SSSR count). The molecule has 0 spiro atoms. The molecule has 1 N–H and O–H groups in total. The van der Waals surface area contributed by atoms with Gasteiger partial charge in [0.05, 0.1) is 0 Å². The standard InChI is InChI=1S/C14H17BrFN/c1-10-3-2-4-13(17-10)8-6-11-5-7-12(16)9-14(11)15/h5-10,13,17H,2-4H2,1H3/b8-6+. The Morgan fingerprint density at radius 3 is 2.94 bits per heavy atom. The highest BCUT2D eigenvalue weighted by molar-refractivity contribution is 9.10. The van der Waals surface area contributed by atoms with Gasteiger partial charge in [-0.05, 0) is 37.5 Å². The van der Waals surface area contributed by atoms with Gasteiger partial charge in [-0.25, -0.2) is 4.39 Å². The van der Waals surface area contributed by atoms with Gasteiger partial charge in [-0.2, -0.15) is 0 Å². The summed E-state index contributed by atoms with van der Waals surface area (Å²) >= 11 is 3.37. The molecular formula is C14H17BrFN. The Morgan fingerprint density at radius 2 is 2.24 bits per heavy atom. The lowest BCUT2D eigenvalue weighted by molar-refractivity contribution is 0.375. The first-order chi connectivity index (χ1) is 8.15. The molecule has 0 amide bonds. The van der Waals surface area contributed by atoms with Gasteiger partial charge in [0.15, 0.2) is 0 Å². The van der Waals surface area contributed by atoms with Gasteiger partial charge in [-0.15, -0.1) is 0 Å². The highest BCUT2D eigenvalue weighted by Gasteiger charge is 2.14. The number of nitrogens with one attached hydrogen (secondary N) is 1. The fraction of sp³-hybridized carbons (Fsp3) is 0.429. The molecule has 1 aliphatic heterocycles. The van der Waals surface area contributed by atoms with Gasteiger partial charge in [0.25, 0.3) is 0 Å². The zero-order valence-corrected chi connectivity index (χ0v) is 11.5. The van der Waals surface area contributed by atoms with Crippen molar-refractivity contribution in [2.24, 2.45) is 0 Å². The summed E-state index contributed by atoms with van der Waals surface area (Å²) in [6, 6.07) is 5.81. The van der Waals surface area contributed by atoms with Crippen LogP contribution in [0.5, 0.6) is 0 Å². The molecule has 3 heteroatoms. The van der Waals surface area contributed by atoms with Gasteiger partial charge in [0, 0.05) is 16.6 Å². The van der Waals surface area contributed by atoms with Crippen molar-refractivity contribution in [3.8, 4) is 0 Å². The Morgan fingerprint density at radius 1 is 1.41 bits per heavy atom. The minimum Gasteiger partial charge on any atom is -0.308 e. The molecule has 1 saturated heterocycles. The topological polar surface area (TPSA) is 12.0 Å². The number of hydrogen-bond acceptors (Lipinski definition) is 1. The minimum absolute atomic E-state index is 0.210. The molecule has 17 heavy (non-hydrogen) atoms. The van der Waals surface area contributed by atoms with E-state index in [9.17, 15) is 4.39 Å². The lowest BCUT2D eigenvalue weighted by Gasteiger charge is -2.26. The fourth-order valence-electron chi connectivity index (χ4n) is 2.18. The number of hydrogen-bond donors (Lipinski definition) is 1. The van der Waals surface area contributed by atoms with Gasteiger partial charge in [0.1, 0.15) is 5.82 Å². The van der Waals surface area contributed by atoms with Crippen LogP contribution < -0.4 is 5.32 Å². The molecule has 1 fully saturated rings. The lowest BCUT2D eigenvalue weighted by atomic mass is 9.99. The molecule has 1 aromatic rings. The van der Waals surface area contributed by atoms with E-state index in [-0.39, 0.29) is 5.82 Å². The molecule has 2 atom stereocenters. The van der Waals surface area contributed by atoms with Gasteiger partial charge in [-0.3, -0.25) is 0 Å². The molecule has 2 unspecified atom stereocenters. The first-order valence-electron chi connectivity index (χ1n) is 6.04. The van der Waals surface area contributed by atoms with E-state index >= 15 is 0 Å². The van der Waals surface area contributed by atoms with Crippen molar-refractivity contribution in [3.05, 3.63) is 40.1 Å². The Labute approximate surface area is 110 Å². The molecule has 1 aromatic carbocycles. The van der Waals surface area contributed by atoms with Crippen LogP contribution in [0.25, 0.3) is 6.08 Å². The van der Waals surface area contributed by atoms with Crippen LogP contribution in [0.15, 0.2) is 28.7 Å². The van der Waals surface area contributed by atoms with Crippen LogP contribution >= 0.6 is 15.9 Å². The van der Waals surface area contributed by atoms with Crippen LogP contribution in [0.2, 0.25) is 0 Å². The molecule has 0 saturated carbocycles. The largest absolute Gasteiger partial charge is 0.308 e. The van der Waals surface area contributed by atoms with Crippen LogP contribution in [-0.4, -0.2) is 12.1 Å². The predicted octanol–water partition coefficient (Wildman–Crippen LogP) is 4.13. The normalized spacial score (nSPS) is 25.4. The monoisotopic (exact) mass is 297 g/mol. The first kappa shape index (κ1) is 12.8. The Kier molecular flexibility index (Phi) is 4.35. The zero-order valence-electron chi connectivity index (χ0n) is 9.92. The summed E-state index contributed by atoms with van der Waals surface area (Å²) in [4.78, 5) is 0. The van der Waals surface area contributed by atoms with Gasteiger partial charge in [0.2, 0.25) is 0 Å². The van der Waals surface area contributed by atoms with Crippen LogP contribution in [0.4, 0.5) is 4.39 Å². The molecule has 1 heterocycles. The summed E-state index contributed by atoms with van der Waals surface area (Å²) in [5.41, 5.74) is 1.02. The van der Waals surface area contributed by atoms with E-state index in [1.165, 1.54) is 31.4 Å². The van der Waals surface area contributed by atoms with Gasteiger partial charge >= 0.3 is 0 Å². The third kappa shape index (κ3) is 3.65. The van der Waals surface area contributed by atoms with E-state index in [1.54, 1.807) is 6.07 Å². The molecule has 0 aromatic heterocycles. The van der Waals surface area contributed by atoms with Crippen LogP contribution in [0.1, 0.15) is 31.7 Å². The second-order valence-electron chi connectivity index (χ2n) is 4.63. The second kappa shape index (κ2) is 5.78. The van der Waals surface area contributed by atoms with Crippen molar-refractivity contribution in [2.45, 2.75) is 38.3 Å². The van der Waals surface area contributed by atoms with Crippen molar-refractivity contribution in [1.29, 1.82) is 0 Å². The van der Waals surface area contributed by atoms with Crippen LogP contribution in [0.3, 0.4) is 0 Å². The molecule has 1 nitrogen and oxygen atoms in total. The summed E-state index contributed by atoms with van der Waals surface area (Å²) in [5, 5.41) is 3.54. The maximum absolute atomic E-state index is 12.9. The van der Waals surface area contributed by atoms with Crippen molar-refractivity contribution >= 4 is 22.0 Å². The fourth-order valence-corrected chi connectivity index (χ4v) is 2.67. The Balaban J connectivity index is 2.04. The van der Waals surface area contributed by atoms with Gasteiger partial charge in [-0.1, -0.05) is 40.6 Å². The number of piperidine rings is 1. The predicted molar refractivity (Wildman–Crippen MR) is 73.4 cm³/mol. The summed E-state index contributed by atoms with van der Waals surface area (Å²) in [7, 11) is 0. The summed E-state index contributed by atoms with van der Waals surface area (Å²) in [6.45, 7) is 2.22. The van der Waals surface area contributed by atoms with Crippen molar-refractivity contribution in [1.82, 2.24) is 5.32 Å². The molecule has 0 bridgehead atoms. The van der Waals surface area contributed by atoms with Crippen molar-refractivity contribution in [3.63, 3.8) is 0 Å². The average molecular weight is 298 g/mol. The molecule has 1 aliphatic rings. The SMILES string of the molecule is CC1CCCC(/C=C/c2ccc(F)cc2Br)N1. The zero-order chi connectivity index (χ0) is 12.3. The van der Waals surface area contributed by atoms with E-state index in [0.29, 0.717) is 12.1 Å². The van der Waals surface area contributed by atoms with E-state index in [4.69, 9.17) is 0 Å². The van der Waals surface area contributed by atoms with Gasteiger partial charge < -0.3 is 5.32 Å². The highest BCUT2D eigenvalue weighted by atomic mass is 79.9.